The van der Waals surface area contributed by atoms with E-state index in [4.69, 9.17) is 68.6 Å². The summed E-state index contributed by atoms with van der Waals surface area (Å²) in [5.74, 6) is -1.04. The van der Waals surface area contributed by atoms with Crippen molar-refractivity contribution in [3.63, 3.8) is 0 Å². The molecule has 0 amide bonds. The summed E-state index contributed by atoms with van der Waals surface area (Å²) in [7, 11) is 0. The van der Waals surface area contributed by atoms with Crippen molar-refractivity contribution in [2.75, 3.05) is 26.4 Å². The number of carbonyl (C=O) groups is 1. The van der Waals surface area contributed by atoms with E-state index in [0.717, 1.165) is 77.0 Å². The number of carbonyl (C=O) groups excluding carboxylic acids is 1. The standard InChI is InChI=1S/C28H50Cl3NO7/c1-5-8-11-14-17-34-23-22(20-37-21(4)33)38-26(39-27(32)28(29,30)31)25(36-19-16-13-10-7-3)24(23)35-18-15-12-9-6-2/h22-26,32H,5-20H2,1-4H3/t22-,23-,24+,25-,26?/m1/s1. The number of rotatable bonds is 21. The Bertz CT molecular complexity index is 666. The van der Waals surface area contributed by atoms with Crippen LogP contribution in [0.25, 0.3) is 0 Å². The zero-order valence-corrected chi connectivity index (χ0v) is 26.5. The smallest absolute Gasteiger partial charge is 0.302 e. The topological polar surface area (TPSA) is 96.3 Å². The van der Waals surface area contributed by atoms with Crippen LogP contribution in [0.3, 0.4) is 0 Å². The summed E-state index contributed by atoms with van der Waals surface area (Å²) >= 11 is 17.8. The molecule has 5 atom stereocenters. The number of esters is 1. The Kier molecular flexibility index (Phi) is 20.1. The van der Waals surface area contributed by atoms with E-state index in [2.05, 4.69) is 20.8 Å². The molecule has 1 fully saturated rings. The van der Waals surface area contributed by atoms with Gasteiger partial charge in [0.15, 0.2) is 0 Å². The summed E-state index contributed by atoms with van der Waals surface area (Å²) in [4.78, 5) is 11.7. The Morgan fingerprint density at radius 2 is 1.21 bits per heavy atom. The van der Waals surface area contributed by atoms with Crippen LogP contribution >= 0.6 is 34.8 Å². The summed E-state index contributed by atoms with van der Waals surface area (Å²) in [5.41, 5.74) is 0. The van der Waals surface area contributed by atoms with Crippen molar-refractivity contribution in [2.45, 2.75) is 139 Å². The molecule has 1 aliphatic rings. The number of unbranched alkanes of at least 4 members (excludes halogenated alkanes) is 9. The fourth-order valence-electron chi connectivity index (χ4n) is 4.30. The highest BCUT2D eigenvalue weighted by molar-refractivity contribution is 6.76. The minimum Gasteiger partial charge on any atom is -0.463 e. The molecular formula is C28H50Cl3NO7. The molecule has 1 saturated heterocycles. The molecule has 1 N–H and O–H groups in total. The van der Waals surface area contributed by atoms with Crippen LogP contribution in [0.4, 0.5) is 0 Å². The van der Waals surface area contributed by atoms with Crippen LogP contribution in [0, 0.1) is 5.41 Å². The lowest BCUT2D eigenvalue weighted by molar-refractivity contribution is -0.307. The summed E-state index contributed by atoms with van der Waals surface area (Å²) in [5, 5.41) is 8.16. The van der Waals surface area contributed by atoms with Crippen LogP contribution in [0.15, 0.2) is 0 Å². The van der Waals surface area contributed by atoms with Gasteiger partial charge in [0.2, 0.25) is 12.2 Å². The van der Waals surface area contributed by atoms with Crippen LogP contribution < -0.4 is 0 Å². The number of ether oxygens (including phenoxy) is 6. The zero-order chi connectivity index (χ0) is 29.1. The largest absolute Gasteiger partial charge is 0.463 e. The number of nitrogens with one attached hydrogen (secondary N) is 1. The highest BCUT2D eigenvalue weighted by Crippen LogP contribution is 2.34. The molecule has 1 heterocycles. The van der Waals surface area contributed by atoms with Crippen molar-refractivity contribution in [1.29, 1.82) is 5.41 Å². The maximum Gasteiger partial charge on any atom is 0.302 e. The van der Waals surface area contributed by atoms with Gasteiger partial charge >= 0.3 is 5.97 Å². The number of hydrogen-bond acceptors (Lipinski definition) is 8. The van der Waals surface area contributed by atoms with Gasteiger partial charge in [0, 0.05) is 26.7 Å². The second-order valence-corrected chi connectivity index (χ2v) is 12.3. The van der Waals surface area contributed by atoms with Crippen molar-refractivity contribution in [1.82, 2.24) is 0 Å². The first-order valence-corrected chi connectivity index (χ1v) is 15.7. The van der Waals surface area contributed by atoms with Gasteiger partial charge in [-0.2, -0.15) is 0 Å². The molecule has 0 radical (unpaired) electrons. The molecule has 0 spiro atoms. The Morgan fingerprint density at radius 1 is 0.744 bits per heavy atom. The molecule has 1 unspecified atom stereocenters. The van der Waals surface area contributed by atoms with Gasteiger partial charge in [0.25, 0.3) is 3.79 Å². The maximum absolute atomic E-state index is 11.7. The predicted molar refractivity (Wildman–Crippen MR) is 156 cm³/mol. The zero-order valence-electron chi connectivity index (χ0n) is 24.2. The van der Waals surface area contributed by atoms with Gasteiger partial charge in [0.05, 0.1) is 0 Å². The van der Waals surface area contributed by atoms with E-state index in [1.807, 2.05) is 0 Å². The van der Waals surface area contributed by atoms with Crippen molar-refractivity contribution in [3.05, 3.63) is 0 Å². The van der Waals surface area contributed by atoms with Crippen LogP contribution in [0.5, 0.6) is 0 Å². The Labute approximate surface area is 250 Å². The molecule has 0 bridgehead atoms. The Balaban J connectivity index is 3.22. The third-order valence-corrected chi connectivity index (χ3v) is 6.97. The van der Waals surface area contributed by atoms with Crippen molar-refractivity contribution < 1.29 is 33.2 Å². The molecule has 1 aliphatic heterocycles. The van der Waals surface area contributed by atoms with Crippen molar-refractivity contribution in [2.24, 2.45) is 0 Å². The van der Waals surface area contributed by atoms with E-state index >= 15 is 0 Å². The Hall–Kier alpha value is -0.350. The van der Waals surface area contributed by atoms with E-state index in [9.17, 15) is 4.79 Å². The fourth-order valence-corrected chi connectivity index (χ4v) is 4.44. The second kappa shape index (κ2) is 21.4. The molecule has 0 aromatic heterocycles. The average molecular weight is 619 g/mol. The van der Waals surface area contributed by atoms with Gasteiger partial charge in [0.1, 0.15) is 31.0 Å². The van der Waals surface area contributed by atoms with E-state index < -0.39 is 46.4 Å². The van der Waals surface area contributed by atoms with E-state index in [0.29, 0.717) is 19.8 Å². The van der Waals surface area contributed by atoms with Gasteiger partial charge in [-0.1, -0.05) is 113 Å². The maximum atomic E-state index is 11.7. The van der Waals surface area contributed by atoms with Gasteiger partial charge in [-0.3, -0.25) is 10.2 Å². The van der Waals surface area contributed by atoms with Crippen LogP contribution in [0.1, 0.15) is 105 Å². The van der Waals surface area contributed by atoms with Gasteiger partial charge < -0.3 is 28.4 Å². The molecule has 230 valence electrons. The third-order valence-electron chi connectivity index (χ3n) is 6.46. The van der Waals surface area contributed by atoms with Crippen LogP contribution in [-0.2, 0) is 33.2 Å². The highest BCUT2D eigenvalue weighted by atomic mass is 35.6. The summed E-state index contributed by atoms with van der Waals surface area (Å²) in [6.07, 6.45) is 8.61. The lowest BCUT2D eigenvalue weighted by atomic mass is 9.98. The predicted octanol–water partition coefficient (Wildman–Crippen LogP) is 7.53. The molecule has 39 heavy (non-hydrogen) atoms. The summed E-state index contributed by atoms with van der Waals surface area (Å²) in [6, 6.07) is 0. The number of hydrogen-bond donors (Lipinski definition) is 1. The van der Waals surface area contributed by atoms with Crippen molar-refractivity contribution >= 4 is 46.7 Å². The normalized spacial score (nSPS) is 23.5. The summed E-state index contributed by atoms with van der Waals surface area (Å²) in [6.45, 7) is 9.16. The first kappa shape index (κ1) is 36.7. The molecular weight excluding hydrogens is 569 g/mol. The number of halogens is 3. The van der Waals surface area contributed by atoms with Crippen molar-refractivity contribution in [3.8, 4) is 0 Å². The molecule has 0 aromatic rings. The fraction of sp³-hybridized carbons (Fsp3) is 0.929. The van der Waals surface area contributed by atoms with Gasteiger partial charge in [-0.05, 0) is 19.3 Å². The number of alkyl halides is 3. The Morgan fingerprint density at radius 3 is 1.64 bits per heavy atom. The molecule has 0 aromatic carbocycles. The molecule has 11 heteroatoms. The SMILES string of the molecule is CCCCCCO[C@H]1[C@H](OCCCCCC)[C@@H](OCCCCCC)C(OC(=N)C(Cl)(Cl)Cl)O[C@@H]1COC(C)=O. The van der Waals surface area contributed by atoms with E-state index in [1.165, 1.54) is 6.92 Å². The van der Waals surface area contributed by atoms with E-state index in [1.54, 1.807) is 0 Å². The monoisotopic (exact) mass is 617 g/mol. The first-order valence-electron chi connectivity index (χ1n) is 14.6. The highest BCUT2D eigenvalue weighted by Gasteiger charge is 2.51. The lowest BCUT2D eigenvalue weighted by Gasteiger charge is -2.45. The molecule has 1 rings (SSSR count). The first-order chi connectivity index (χ1) is 18.6. The van der Waals surface area contributed by atoms with Gasteiger partial charge in [-0.15, -0.1) is 0 Å². The quantitative estimate of drug-likeness (QED) is 0.0467. The van der Waals surface area contributed by atoms with Crippen LogP contribution in [-0.4, -0.2) is 72.8 Å². The van der Waals surface area contributed by atoms with E-state index in [-0.39, 0.29) is 6.61 Å². The minimum atomic E-state index is -2.08. The molecule has 8 nitrogen and oxygen atoms in total. The second-order valence-electron chi connectivity index (χ2n) is 9.98. The summed E-state index contributed by atoms with van der Waals surface area (Å²) < 4.78 is 34.3. The molecule has 0 saturated carbocycles. The molecule has 0 aliphatic carbocycles. The average Bonchev–Trinajstić information content (AvgIpc) is 2.88. The lowest BCUT2D eigenvalue weighted by Crippen LogP contribution is -2.62. The third kappa shape index (κ3) is 15.5. The minimum absolute atomic E-state index is 0.0746. The van der Waals surface area contributed by atoms with Crippen LogP contribution in [0.2, 0.25) is 0 Å². The van der Waals surface area contributed by atoms with Gasteiger partial charge in [-0.25, -0.2) is 0 Å².